The van der Waals surface area contributed by atoms with Crippen molar-refractivity contribution in [1.29, 1.82) is 0 Å². The van der Waals surface area contributed by atoms with Crippen LogP contribution in [0.4, 0.5) is 0 Å². The van der Waals surface area contributed by atoms with Gasteiger partial charge in [0.05, 0.1) is 12.7 Å². The van der Waals surface area contributed by atoms with Gasteiger partial charge in [-0.1, -0.05) is 47.6 Å². The van der Waals surface area contributed by atoms with Gasteiger partial charge in [-0.05, 0) is 29.8 Å². The lowest BCUT2D eigenvalue weighted by Crippen LogP contribution is -1.87. The zero-order chi connectivity index (χ0) is 15.4. The molecule has 0 aliphatic heterocycles. The van der Waals surface area contributed by atoms with Crippen LogP contribution in [0.2, 0.25) is 5.02 Å². The first-order valence-corrected chi connectivity index (χ1v) is 7.97. The number of para-hydroxylation sites is 1. The summed E-state index contributed by atoms with van der Waals surface area (Å²) in [5.41, 5.74) is 1.89. The maximum atomic E-state index is 5.97. The van der Waals surface area contributed by atoms with Gasteiger partial charge in [0.2, 0.25) is 0 Å². The maximum Gasteiger partial charge on any atom is 0.277 e. The number of hydrogen-bond acceptors (Lipinski definition) is 5. The summed E-state index contributed by atoms with van der Waals surface area (Å²) in [5.74, 6) is 1.87. The van der Waals surface area contributed by atoms with Crippen LogP contribution in [0, 0.1) is 0 Å². The van der Waals surface area contributed by atoms with E-state index in [0.717, 1.165) is 16.1 Å². The molecule has 6 heteroatoms. The van der Waals surface area contributed by atoms with Gasteiger partial charge in [0.15, 0.2) is 0 Å². The Bertz CT molecular complexity index is 776. The molecule has 0 aliphatic carbocycles. The molecule has 4 nitrogen and oxygen atoms in total. The summed E-state index contributed by atoms with van der Waals surface area (Å²) in [6.07, 6.45) is 0. The molecule has 0 saturated heterocycles. The van der Waals surface area contributed by atoms with Crippen molar-refractivity contribution in [3.63, 3.8) is 0 Å². The maximum absolute atomic E-state index is 5.97. The first kappa shape index (κ1) is 14.9. The van der Waals surface area contributed by atoms with Gasteiger partial charge in [0.1, 0.15) is 5.75 Å². The number of benzene rings is 2. The molecule has 0 unspecified atom stereocenters. The molecular weight excluding hydrogens is 320 g/mol. The predicted molar refractivity (Wildman–Crippen MR) is 87.3 cm³/mol. The van der Waals surface area contributed by atoms with Crippen molar-refractivity contribution >= 4 is 23.4 Å². The van der Waals surface area contributed by atoms with Crippen molar-refractivity contribution in [1.82, 2.24) is 10.2 Å². The third-order valence-corrected chi connectivity index (χ3v) is 4.12. The Morgan fingerprint density at radius 1 is 1.14 bits per heavy atom. The van der Waals surface area contributed by atoms with Crippen LogP contribution in [0.3, 0.4) is 0 Å². The van der Waals surface area contributed by atoms with Gasteiger partial charge >= 0.3 is 0 Å². The summed E-state index contributed by atoms with van der Waals surface area (Å²) in [6, 6.07) is 15.3. The predicted octanol–water partition coefficient (Wildman–Crippen LogP) is 4.69. The number of thioether (sulfide) groups is 1. The second kappa shape index (κ2) is 6.85. The van der Waals surface area contributed by atoms with E-state index in [1.807, 2.05) is 48.5 Å². The van der Waals surface area contributed by atoms with Gasteiger partial charge < -0.3 is 9.15 Å². The Kier molecular flexibility index (Phi) is 4.65. The second-order valence-electron chi connectivity index (χ2n) is 4.49. The van der Waals surface area contributed by atoms with Gasteiger partial charge in [0.25, 0.3) is 11.1 Å². The number of nitrogens with zero attached hydrogens (tertiary/aromatic N) is 2. The number of halogens is 1. The number of aromatic nitrogens is 2. The molecule has 0 amide bonds. The van der Waals surface area contributed by atoms with Gasteiger partial charge in [-0.15, -0.1) is 10.2 Å². The Hall–Kier alpha value is -1.98. The average Bonchev–Trinajstić information content (AvgIpc) is 3.02. The van der Waals surface area contributed by atoms with Crippen LogP contribution in [-0.4, -0.2) is 17.3 Å². The molecule has 0 saturated carbocycles. The summed E-state index contributed by atoms with van der Waals surface area (Å²) in [4.78, 5) is 0. The van der Waals surface area contributed by atoms with Crippen molar-refractivity contribution in [3.8, 4) is 17.2 Å². The standard InChI is InChI=1S/C16H13ClN2O2S/c1-20-14-8-3-2-7-13(14)15-18-19-16(21-15)22-10-11-5-4-6-12(17)9-11/h2-9H,10H2,1H3. The Morgan fingerprint density at radius 2 is 2.00 bits per heavy atom. The van der Waals surface area contributed by atoms with E-state index in [0.29, 0.717) is 22.6 Å². The van der Waals surface area contributed by atoms with Crippen molar-refractivity contribution in [2.45, 2.75) is 11.0 Å². The van der Waals surface area contributed by atoms with Gasteiger partial charge in [-0.3, -0.25) is 0 Å². The summed E-state index contributed by atoms with van der Waals surface area (Å²) < 4.78 is 11.0. The van der Waals surface area contributed by atoms with E-state index in [2.05, 4.69) is 10.2 Å². The quantitative estimate of drug-likeness (QED) is 0.634. The lowest BCUT2D eigenvalue weighted by atomic mass is 10.2. The van der Waals surface area contributed by atoms with E-state index in [1.165, 1.54) is 11.8 Å². The van der Waals surface area contributed by atoms with E-state index < -0.39 is 0 Å². The molecule has 3 aromatic rings. The normalized spacial score (nSPS) is 10.6. The van der Waals surface area contributed by atoms with Crippen molar-refractivity contribution < 1.29 is 9.15 Å². The molecule has 0 N–H and O–H groups in total. The minimum absolute atomic E-state index is 0.450. The largest absolute Gasteiger partial charge is 0.496 e. The number of ether oxygens (including phenoxy) is 1. The second-order valence-corrected chi connectivity index (χ2v) is 5.86. The minimum atomic E-state index is 0.450. The van der Waals surface area contributed by atoms with Crippen molar-refractivity contribution in [3.05, 3.63) is 59.1 Å². The molecule has 0 spiro atoms. The smallest absolute Gasteiger partial charge is 0.277 e. The number of methoxy groups -OCH3 is 1. The van der Waals surface area contributed by atoms with E-state index in [9.17, 15) is 0 Å². The SMILES string of the molecule is COc1ccccc1-c1nnc(SCc2cccc(Cl)c2)o1. The lowest BCUT2D eigenvalue weighted by molar-refractivity contribution is 0.411. The average molecular weight is 333 g/mol. The summed E-state index contributed by atoms with van der Waals surface area (Å²) in [6.45, 7) is 0. The molecular formula is C16H13ClN2O2S. The third kappa shape index (κ3) is 3.43. The molecule has 0 bridgehead atoms. The van der Waals surface area contributed by atoms with Crippen LogP contribution in [0.25, 0.3) is 11.5 Å². The molecule has 22 heavy (non-hydrogen) atoms. The number of hydrogen-bond donors (Lipinski definition) is 0. The van der Waals surface area contributed by atoms with Crippen LogP contribution in [0.1, 0.15) is 5.56 Å². The van der Waals surface area contributed by atoms with E-state index >= 15 is 0 Å². The Balaban J connectivity index is 1.74. The van der Waals surface area contributed by atoms with Gasteiger partial charge in [-0.2, -0.15) is 0 Å². The van der Waals surface area contributed by atoms with Gasteiger partial charge in [-0.25, -0.2) is 0 Å². The van der Waals surface area contributed by atoms with Crippen LogP contribution >= 0.6 is 23.4 Å². The summed E-state index contributed by atoms with van der Waals surface area (Å²) >= 11 is 7.44. The molecule has 2 aromatic carbocycles. The highest BCUT2D eigenvalue weighted by molar-refractivity contribution is 7.98. The first-order valence-electron chi connectivity index (χ1n) is 6.60. The van der Waals surface area contributed by atoms with Crippen molar-refractivity contribution in [2.75, 3.05) is 7.11 Å². The fourth-order valence-corrected chi connectivity index (χ4v) is 2.89. The van der Waals surface area contributed by atoms with E-state index in [1.54, 1.807) is 7.11 Å². The van der Waals surface area contributed by atoms with E-state index in [-0.39, 0.29) is 0 Å². The summed E-state index contributed by atoms with van der Waals surface area (Å²) in [7, 11) is 1.62. The topological polar surface area (TPSA) is 48.2 Å². The van der Waals surface area contributed by atoms with Gasteiger partial charge in [0, 0.05) is 10.8 Å². The zero-order valence-corrected chi connectivity index (χ0v) is 13.4. The molecule has 1 heterocycles. The molecule has 0 aliphatic rings. The molecule has 0 radical (unpaired) electrons. The fraction of sp³-hybridized carbons (Fsp3) is 0.125. The highest BCUT2D eigenvalue weighted by Gasteiger charge is 2.13. The Morgan fingerprint density at radius 3 is 2.82 bits per heavy atom. The van der Waals surface area contributed by atoms with Crippen LogP contribution in [0.5, 0.6) is 5.75 Å². The fourth-order valence-electron chi connectivity index (χ4n) is 1.97. The van der Waals surface area contributed by atoms with Crippen molar-refractivity contribution in [2.24, 2.45) is 0 Å². The molecule has 112 valence electrons. The highest BCUT2D eigenvalue weighted by atomic mass is 35.5. The molecule has 0 atom stereocenters. The molecule has 0 fully saturated rings. The Labute approximate surface area is 137 Å². The van der Waals surface area contributed by atoms with Crippen LogP contribution in [0.15, 0.2) is 58.2 Å². The first-order chi connectivity index (χ1) is 10.8. The zero-order valence-electron chi connectivity index (χ0n) is 11.8. The number of rotatable bonds is 5. The van der Waals surface area contributed by atoms with E-state index in [4.69, 9.17) is 20.8 Å². The van der Waals surface area contributed by atoms with Crippen LogP contribution < -0.4 is 4.74 Å². The lowest BCUT2D eigenvalue weighted by Gasteiger charge is -2.03. The highest BCUT2D eigenvalue weighted by Crippen LogP contribution is 2.31. The van der Waals surface area contributed by atoms with Crippen LogP contribution in [-0.2, 0) is 5.75 Å². The monoisotopic (exact) mass is 332 g/mol. The minimum Gasteiger partial charge on any atom is -0.496 e. The summed E-state index contributed by atoms with van der Waals surface area (Å²) in [5, 5.41) is 9.38. The third-order valence-electron chi connectivity index (χ3n) is 3.00. The molecule has 3 rings (SSSR count). The molecule has 1 aromatic heterocycles.